The van der Waals surface area contributed by atoms with Crippen molar-refractivity contribution in [3.8, 4) is 0 Å². The fourth-order valence-electron chi connectivity index (χ4n) is 1.67. The first-order valence-corrected chi connectivity index (χ1v) is 5.07. The minimum Gasteiger partial charge on any atom is -0.303 e. The molecule has 0 bridgehead atoms. The fourth-order valence-corrected chi connectivity index (χ4v) is 1.67. The quantitative estimate of drug-likeness (QED) is 0.654. The largest absolute Gasteiger partial charge is 0.303 e. The Morgan fingerprint density at radius 1 is 1.43 bits per heavy atom. The maximum absolute atomic E-state index is 12.5. The molecule has 0 aromatic carbocycles. The van der Waals surface area contributed by atoms with Gasteiger partial charge in [-0.1, -0.05) is 0 Å². The second kappa shape index (κ2) is 4.82. The van der Waals surface area contributed by atoms with E-state index in [-0.39, 0.29) is 12.3 Å². The Labute approximate surface area is 83.3 Å². The summed E-state index contributed by atoms with van der Waals surface area (Å²) in [4.78, 5) is 12.5. The molecule has 0 aliphatic carbocycles. The predicted molar refractivity (Wildman–Crippen MR) is 50.5 cm³/mol. The highest BCUT2D eigenvalue weighted by Gasteiger charge is 2.24. The SMILES string of the molecule is CC(F)(F)CCN1CCC(C=O)CC1. The highest BCUT2D eigenvalue weighted by molar-refractivity contribution is 5.53. The van der Waals surface area contributed by atoms with Gasteiger partial charge in [0.05, 0.1) is 0 Å². The number of likely N-dealkylation sites (tertiary alicyclic amines) is 1. The molecule has 0 saturated carbocycles. The molecule has 1 heterocycles. The van der Waals surface area contributed by atoms with E-state index in [0.29, 0.717) is 6.54 Å². The molecule has 0 amide bonds. The van der Waals surface area contributed by atoms with Crippen LogP contribution in [0.3, 0.4) is 0 Å². The van der Waals surface area contributed by atoms with E-state index in [0.717, 1.165) is 39.1 Å². The first-order chi connectivity index (χ1) is 6.51. The molecule has 1 aliphatic rings. The van der Waals surface area contributed by atoms with Crippen molar-refractivity contribution in [3.05, 3.63) is 0 Å². The number of nitrogens with zero attached hydrogens (tertiary/aromatic N) is 1. The van der Waals surface area contributed by atoms with Gasteiger partial charge in [-0.15, -0.1) is 0 Å². The Hall–Kier alpha value is -0.510. The molecule has 14 heavy (non-hydrogen) atoms. The molecule has 0 radical (unpaired) electrons. The molecule has 1 rings (SSSR count). The normalized spacial score (nSPS) is 21.1. The molecular formula is C10H17F2NO. The molecule has 1 aliphatic heterocycles. The Balaban J connectivity index is 2.19. The molecule has 0 aromatic heterocycles. The number of aldehydes is 1. The summed E-state index contributed by atoms with van der Waals surface area (Å²) in [5.74, 6) is -2.42. The third-order valence-corrected chi connectivity index (χ3v) is 2.69. The molecule has 0 aromatic rings. The second-order valence-corrected chi connectivity index (χ2v) is 4.14. The molecule has 82 valence electrons. The summed E-state index contributed by atoms with van der Waals surface area (Å²) in [6.07, 6.45) is 2.53. The van der Waals surface area contributed by atoms with Crippen molar-refractivity contribution in [1.29, 1.82) is 0 Å². The average Bonchev–Trinajstić information content (AvgIpc) is 2.14. The summed E-state index contributed by atoms with van der Waals surface area (Å²) in [6, 6.07) is 0. The van der Waals surface area contributed by atoms with Gasteiger partial charge >= 0.3 is 0 Å². The van der Waals surface area contributed by atoms with E-state index in [1.807, 2.05) is 4.90 Å². The second-order valence-electron chi connectivity index (χ2n) is 4.14. The summed E-state index contributed by atoms with van der Waals surface area (Å²) in [5.41, 5.74) is 0. The van der Waals surface area contributed by atoms with Gasteiger partial charge in [-0.3, -0.25) is 0 Å². The number of carbonyl (C=O) groups is 1. The van der Waals surface area contributed by atoms with Crippen LogP contribution < -0.4 is 0 Å². The van der Waals surface area contributed by atoms with Crippen molar-refractivity contribution in [2.24, 2.45) is 5.92 Å². The van der Waals surface area contributed by atoms with Crippen LogP contribution in [0.1, 0.15) is 26.2 Å². The summed E-state index contributed by atoms with van der Waals surface area (Å²) >= 11 is 0. The molecule has 1 fully saturated rings. The van der Waals surface area contributed by atoms with Gasteiger partial charge in [-0.05, 0) is 32.9 Å². The van der Waals surface area contributed by atoms with Crippen LogP contribution in [0, 0.1) is 5.92 Å². The Bertz CT molecular complexity index is 183. The summed E-state index contributed by atoms with van der Waals surface area (Å²) < 4.78 is 25.1. The van der Waals surface area contributed by atoms with E-state index in [1.54, 1.807) is 0 Å². The van der Waals surface area contributed by atoms with E-state index in [2.05, 4.69) is 0 Å². The number of carbonyl (C=O) groups excluding carboxylic acids is 1. The zero-order valence-corrected chi connectivity index (χ0v) is 8.51. The molecule has 1 saturated heterocycles. The van der Waals surface area contributed by atoms with Gasteiger partial charge in [-0.2, -0.15) is 0 Å². The maximum atomic E-state index is 12.5. The molecule has 4 heteroatoms. The molecular weight excluding hydrogens is 188 g/mol. The van der Waals surface area contributed by atoms with Crippen molar-refractivity contribution in [1.82, 2.24) is 4.90 Å². The van der Waals surface area contributed by atoms with Gasteiger partial charge in [0, 0.05) is 18.9 Å². The monoisotopic (exact) mass is 205 g/mol. The molecule has 0 N–H and O–H groups in total. The summed E-state index contributed by atoms with van der Waals surface area (Å²) in [5, 5.41) is 0. The number of halogens is 2. The van der Waals surface area contributed by atoms with E-state index >= 15 is 0 Å². The van der Waals surface area contributed by atoms with Gasteiger partial charge in [0.25, 0.3) is 0 Å². The van der Waals surface area contributed by atoms with Gasteiger partial charge in [0.15, 0.2) is 0 Å². The van der Waals surface area contributed by atoms with Gasteiger partial charge in [0.1, 0.15) is 6.29 Å². The smallest absolute Gasteiger partial charge is 0.246 e. The van der Waals surface area contributed by atoms with Crippen LogP contribution in [0.4, 0.5) is 8.78 Å². The highest BCUT2D eigenvalue weighted by atomic mass is 19.3. The summed E-state index contributed by atoms with van der Waals surface area (Å²) in [6.45, 7) is 2.94. The number of hydrogen-bond donors (Lipinski definition) is 0. The fraction of sp³-hybridized carbons (Fsp3) is 0.900. The Morgan fingerprint density at radius 3 is 2.43 bits per heavy atom. The van der Waals surface area contributed by atoms with Gasteiger partial charge in [0.2, 0.25) is 5.92 Å². The topological polar surface area (TPSA) is 20.3 Å². The van der Waals surface area contributed by atoms with E-state index in [4.69, 9.17) is 0 Å². The highest BCUT2D eigenvalue weighted by Crippen LogP contribution is 2.20. The zero-order chi connectivity index (χ0) is 10.6. The number of hydrogen-bond acceptors (Lipinski definition) is 2. The first kappa shape index (κ1) is 11.6. The average molecular weight is 205 g/mol. The molecule has 0 spiro atoms. The van der Waals surface area contributed by atoms with Crippen LogP contribution in [0.5, 0.6) is 0 Å². The lowest BCUT2D eigenvalue weighted by Crippen LogP contribution is -2.36. The predicted octanol–water partition coefficient (Wildman–Crippen LogP) is 1.94. The van der Waals surface area contributed by atoms with Crippen molar-refractivity contribution in [2.45, 2.75) is 32.1 Å². The number of alkyl halides is 2. The van der Waals surface area contributed by atoms with E-state index in [9.17, 15) is 13.6 Å². The third kappa shape index (κ3) is 4.13. The van der Waals surface area contributed by atoms with Crippen molar-refractivity contribution in [3.63, 3.8) is 0 Å². The molecule has 0 unspecified atom stereocenters. The lowest BCUT2D eigenvalue weighted by atomic mass is 9.98. The first-order valence-electron chi connectivity index (χ1n) is 5.07. The van der Waals surface area contributed by atoms with Gasteiger partial charge in [-0.25, -0.2) is 8.78 Å². The van der Waals surface area contributed by atoms with Crippen molar-refractivity contribution >= 4 is 6.29 Å². The van der Waals surface area contributed by atoms with Crippen molar-refractivity contribution in [2.75, 3.05) is 19.6 Å². The number of rotatable bonds is 4. The Morgan fingerprint density at radius 2 is 2.00 bits per heavy atom. The van der Waals surface area contributed by atoms with E-state index in [1.165, 1.54) is 0 Å². The zero-order valence-electron chi connectivity index (χ0n) is 8.51. The lowest BCUT2D eigenvalue weighted by molar-refractivity contribution is -0.112. The summed E-state index contributed by atoms with van der Waals surface area (Å²) in [7, 11) is 0. The number of piperidine rings is 1. The standard InChI is InChI=1S/C10H17F2NO/c1-10(11,12)4-7-13-5-2-9(8-14)3-6-13/h8-9H,2-7H2,1H3. The van der Waals surface area contributed by atoms with Crippen LogP contribution in [0.15, 0.2) is 0 Å². The molecule has 2 nitrogen and oxygen atoms in total. The minimum atomic E-state index is -2.57. The van der Waals surface area contributed by atoms with Crippen LogP contribution in [-0.4, -0.2) is 36.7 Å². The molecule has 0 atom stereocenters. The van der Waals surface area contributed by atoms with Crippen molar-refractivity contribution < 1.29 is 13.6 Å². The lowest BCUT2D eigenvalue weighted by Gasteiger charge is -2.30. The van der Waals surface area contributed by atoms with Crippen LogP contribution in [0.25, 0.3) is 0 Å². The van der Waals surface area contributed by atoms with E-state index < -0.39 is 5.92 Å². The van der Waals surface area contributed by atoms with Crippen LogP contribution in [-0.2, 0) is 4.79 Å². The third-order valence-electron chi connectivity index (χ3n) is 2.69. The maximum Gasteiger partial charge on any atom is 0.246 e. The van der Waals surface area contributed by atoms with Gasteiger partial charge < -0.3 is 9.69 Å². The van der Waals surface area contributed by atoms with Crippen LogP contribution in [0.2, 0.25) is 0 Å². The van der Waals surface area contributed by atoms with Crippen LogP contribution >= 0.6 is 0 Å². The Kier molecular flexibility index (Phi) is 3.98. The minimum absolute atomic E-state index is 0.0846.